The van der Waals surface area contributed by atoms with Crippen molar-refractivity contribution < 1.29 is 18.7 Å². The van der Waals surface area contributed by atoms with Crippen molar-refractivity contribution in [2.24, 2.45) is 0 Å². The molecule has 0 saturated carbocycles. The Morgan fingerprint density at radius 3 is 2.57 bits per heavy atom. The van der Waals surface area contributed by atoms with E-state index in [0.717, 1.165) is 4.47 Å². The van der Waals surface area contributed by atoms with E-state index in [-0.39, 0.29) is 18.1 Å². The van der Waals surface area contributed by atoms with Gasteiger partial charge in [-0.3, -0.25) is 4.79 Å². The molecule has 0 saturated heterocycles. The maximum atomic E-state index is 13.7. The average Bonchev–Trinajstić information content (AvgIpc) is 2.45. The molecule has 21 heavy (non-hydrogen) atoms. The molecule has 0 aliphatic rings. The van der Waals surface area contributed by atoms with E-state index >= 15 is 0 Å². The highest BCUT2D eigenvalue weighted by Crippen LogP contribution is 2.20. The van der Waals surface area contributed by atoms with Crippen molar-refractivity contribution in [2.75, 3.05) is 13.2 Å². The Kier molecular flexibility index (Phi) is 5.33. The highest BCUT2D eigenvalue weighted by Gasteiger charge is 2.07. The van der Waals surface area contributed by atoms with Gasteiger partial charge in [0.05, 0.1) is 0 Å². The molecule has 2 aromatic carbocycles. The SMILES string of the molecule is CC(=O)c1ccc(OCCOc2cccc(Br)c2)c(F)c1. The van der Waals surface area contributed by atoms with E-state index in [1.165, 1.54) is 25.1 Å². The molecule has 0 heterocycles. The van der Waals surface area contributed by atoms with Crippen molar-refractivity contribution >= 4 is 21.7 Å². The Morgan fingerprint density at radius 2 is 1.90 bits per heavy atom. The van der Waals surface area contributed by atoms with E-state index in [1.807, 2.05) is 24.3 Å². The Labute approximate surface area is 130 Å². The number of ether oxygens (including phenoxy) is 2. The van der Waals surface area contributed by atoms with Gasteiger partial charge in [-0.05, 0) is 43.3 Å². The van der Waals surface area contributed by atoms with Gasteiger partial charge in [0.25, 0.3) is 0 Å². The van der Waals surface area contributed by atoms with Gasteiger partial charge in [-0.2, -0.15) is 0 Å². The normalized spacial score (nSPS) is 10.2. The lowest BCUT2D eigenvalue weighted by molar-refractivity contribution is 0.101. The number of carbonyl (C=O) groups excluding carboxylic acids is 1. The largest absolute Gasteiger partial charge is 0.490 e. The zero-order chi connectivity index (χ0) is 15.2. The molecule has 0 aliphatic carbocycles. The maximum absolute atomic E-state index is 13.7. The second-order valence-corrected chi connectivity index (χ2v) is 5.27. The third-order valence-electron chi connectivity index (χ3n) is 2.74. The highest BCUT2D eigenvalue weighted by atomic mass is 79.9. The summed E-state index contributed by atoms with van der Waals surface area (Å²) < 4.78 is 25.4. The van der Waals surface area contributed by atoms with Gasteiger partial charge < -0.3 is 9.47 Å². The molecule has 0 fully saturated rings. The van der Waals surface area contributed by atoms with Gasteiger partial charge in [0.1, 0.15) is 19.0 Å². The molecule has 0 spiro atoms. The van der Waals surface area contributed by atoms with Crippen molar-refractivity contribution in [3.05, 3.63) is 58.3 Å². The smallest absolute Gasteiger partial charge is 0.165 e. The third kappa shape index (κ3) is 4.56. The quantitative estimate of drug-likeness (QED) is 0.575. The molecular weight excluding hydrogens is 339 g/mol. The minimum absolute atomic E-state index is 0.109. The summed E-state index contributed by atoms with van der Waals surface area (Å²) in [4.78, 5) is 11.1. The predicted octanol–water partition coefficient (Wildman–Crippen LogP) is 4.25. The average molecular weight is 353 g/mol. The van der Waals surface area contributed by atoms with Crippen LogP contribution >= 0.6 is 15.9 Å². The number of halogens is 2. The van der Waals surface area contributed by atoms with Gasteiger partial charge in [0.15, 0.2) is 17.3 Å². The van der Waals surface area contributed by atoms with Gasteiger partial charge in [-0.15, -0.1) is 0 Å². The molecule has 0 unspecified atom stereocenters. The van der Waals surface area contributed by atoms with Crippen molar-refractivity contribution in [3.8, 4) is 11.5 Å². The summed E-state index contributed by atoms with van der Waals surface area (Å²) in [5.41, 5.74) is 0.324. The number of hydrogen-bond acceptors (Lipinski definition) is 3. The van der Waals surface area contributed by atoms with E-state index in [9.17, 15) is 9.18 Å². The van der Waals surface area contributed by atoms with Crippen LogP contribution < -0.4 is 9.47 Å². The fraction of sp³-hybridized carbons (Fsp3) is 0.188. The highest BCUT2D eigenvalue weighted by molar-refractivity contribution is 9.10. The summed E-state index contributed by atoms with van der Waals surface area (Å²) >= 11 is 3.35. The first kappa shape index (κ1) is 15.5. The summed E-state index contributed by atoms with van der Waals surface area (Å²) in [5, 5.41) is 0. The molecule has 2 aromatic rings. The molecule has 110 valence electrons. The zero-order valence-electron chi connectivity index (χ0n) is 11.4. The van der Waals surface area contributed by atoms with E-state index in [1.54, 1.807) is 0 Å². The van der Waals surface area contributed by atoms with Crippen LogP contribution in [0.4, 0.5) is 4.39 Å². The van der Waals surface area contributed by atoms with E-state index in [2.05, 4.69) is 15.9 Å². The lowest BCUT2D eigenvalue weighted by atomic mass is 10.1. The monoisotopic (exact) mass is 352 g/mol. The Morgan fingerprint density at radius 1 is 1.14 bits per heavy atom. The Balaban J connectivity index is 1.85. The fourth-order valence-electron chi connectivity index (χ4n) is 1.70. The van der Waals surface area contributed by atoms with Crippen LogP contribution in [-0.4, -0.2) is 19.0 Å². The standard InChI is InChI=1S/C16H14BrFO3/c1-11(19)12-5-6-16(15(18)9-12)21-8-7-20-14-4-2-3-13(17)10-14/h2-6,9-10H,7-8H2,1H3. The Bertz CT molecular complexity index is 643. The summed E-state index contributed by atoms with van der Waals surface area (Å²) in [5.74, 6) is 0.0850. The van der Waals surface area contributed by atoms with Crippen LogP contribution in [0, 0.1) is 5.82 Å². The minimum atomic E-state index is -0.551. The molecule has 0 aromatic heterocycles. The summed E-state index contributed by atoms with van der Waals surface area (Å²) in [6.45, 7) is 1.90. The molecule has 3 nitrogen and oxygen atoms in total. The van der Waals surface area contributed by atoms with Gasteiger partial charge >= 0.3 is 0 Å². The van der Waals surface area contributed by atoms with Crippen LogP contribution in [-0.2, 0) is 0 Å². The van der Waals surface area contributed by atoms with Gasteiger partial charge in [0, 0.05) is 10.0 Å². The first-order chi connectivity index (χ1) is 10.1. The second-order valence-electron chi connectivity index (χ2n) is 4.36. The number of benzene rings is 2. The van der Waals surface area contributed by atoms with E-state index in [0.29, 0.717) is 17.9 Å². The van der Waals surface area contributed by atoms with Crippen molar-refractivity contribution in [1.82, 2.24) is 0 Å². The fourth-order valence-corrected chi connectivity index (χ4v) is 2.08. The molecule has 0 bridgehead atoms. The lowest BCUT2D eigenvalue weighted by Crippen LogP contribution is -2.10. The van der Waals surface area contributed by atoms with Crippen LogP contribution in [0.2, 0.25) is 0 Å². The molecule has 0 N–H and O–H groups in total. The topological polar surface area (TPSA) is 35.5 Å². The van der Waals surface area contributed by atoms with Gasteiger partial charge in [0.2, 0.25) is 0 Å². The summed E-state index contributed by atoms with van der Waals surface area (Å²) in [6.07, 6.45) is 0. The van der Waals surface area contributed by atoms with Gasteiger partial charge in [-0.25, -0.2) is 4.39 Å². The zero-order valence-corrected chi connectivity index (χ0v) is 13.0. The molecule has 0 atom stereocenters. The molecule has 0 radical (unpaired) electrons. The first-order valence-electron chi connectivity index (χ1n) is 6.38. The van der Waals surface area contributed by atoms with Crippen molar-refractivity contribution in [1.29, 1.82) is 0 Å². The van der Waals surface area contributed by atoms with Crippen molar-refractivity contribution in [2.45, 2.75) is 6.92 Å². The Hall–Kier alpha value is -1.88. The number of rotatable bonds is 6. The lowest BCUT2D eigenvalue weighted by Gasteiger charge is -2.09. The molecule has 5 heteroatoms. The van der Waals surface area contributed by atoms with Gasteiger partial charge in [-0.1, -0.05) is 22.0 Å². The minimum Gasteiger partial charge on any atom is -0.490 e. The molecule has 0 amide bonds. The predicted molar refractivity (Wildman–Crippen MR) is 81.5 cm³/mol. The van der Waals surface area contributed by atoms with E-state index < -0.39 is 5.82 Å². The molecule has 0 aliphatic heterocycles. The molecule has 2 rings (SSSR count). The second kappa shape index (κ2) is 7.22. The van der Waals surface area contributed by atoms with E-state index in [4.69, 9.17) is 9.47 Å². The van der Waals surface area contributed by atoms with Crippen LogP contribution in [0.5, 0.6) is 11.5 Å². The third-order valence-corrected chi connectivity index (χ3v) is 3.24. The first-order valence-corrected chi connectivity index (χ1v) is 7.17. The maximum Gasteiger partial charge on any atom is 0.165 e. The number of hydrogen-bond donors (Lipinski definition) is 0. The summed E-state index contributed by atoms with van der Waals surface area (Å²) in [7, 11) is 0. The van der Waals surface area contributed by atoms with Crippen LogP contribution in [0.25, 0.3) is 0 Å². The number of Topliss-reactive ketones (excluding diaryl/α,β-unsaturated/α-hetero) is 1. The summed E-state index contributed by atoms with van der Waals surface area (Å²) in [6, 6.07) is 11.6. The number of ketones is 1. The van der Waals surface area contributed by atoms with Crippen molar-refractivity contribution in [3.63, 3.8) is 0 Å². The molecular formula is C16H14BrFO3. The van der Waals surface area contributed by atoms with Crippen LogP contribution in [0.15, 0.2) is 46.9 Å². The van der Waals surface area contributed by atoms with Crippen LogP contribution in [0.3, 0.4) is 0 Å². The number of carbonyl (C=O) groups is 1. The van der Waals surface area contributed by atoms with Crippen LogP contribution in [0.1, 0.15) is 17.3 Å².